The fraction of sp³-hybridized carbons (Fsp3) is 0.325. The van der Waals surface area contributed by atoms with Crippen LogP contribution in [0.15, 0.2) is 73.1 Å². The number of carbonyl (C=O) groups excluding carboxylic acids is 3. The van der Waals surface area contributed by atoms with Crippen LogP contribution >= 0.6 is 0 Å². The van der Waals surface area contributed by atoms with Crippen molar-refractivity contribution in [3.63, 3.8) is 0 Å². The molecule has 4 N–H and O–H groups in total. The molecule has 4 amide bonds. The van der Waals surface area contributed by atoms with Gasteiger partial charge in [-0.05, 0) is 84.5 Å². The highest BCUT2D eigenvalue weighted by molar-refractivity contribution is 6.11. The van der Waals surface area contributed by atoms with Crippen molar-refractivity contribution in [3.8, 4) is 0 Å². The van der Waals surface area contributed by atoms with Gasteiger partial charge in [0.05, 0.1) is 23.0 Å². The standard InChI is InChI=1S/C40H41F2N9O4/c41-28-18-26(19-29(42)21-28)17-25-1-4-34-33(20-25)38(48-47-34)46-39(53)32-3-2-31(22-35(32)44-30-7-15-55-16-8-30)50-13-11-49(12-14-50)24-27-5-9-43-23-36(27)51-10-6-37(52)45-40(51)54/h1-5,9,18-23,30,44H,6-8,10-17,24H2,(H,45,52,54)(H2,46,47,48,53). The second-order valence-electron chi connectivity index (χ2n) is 14.1. The van der Waals surface area contributed by atoms with Crippen molar-refractivity contribution in [2.24, 2.45) is 0 Å². The largest absolute Gasteiger partial charge is 0.381 e. The summed E-state index contributed by atoms with van der Waals surface area (Å²) in [5.74, 6) is -1.50. The number of benzene rings is 3. The topological polar surface area (TPSA) is 148 Å². The van der Waals surface area contributed by atoms with Gasteiger partial charge in [-0.25, -0.2) is 13.6 Å². The number of H-pyrrole nitrogens is 1. The van der Waals surface area contributed by atoms with Gasteiger partial charge in [0, 0.05) is 94.0 Å². The van der Waals surface area contributed by atoms with Gasteiger partial charge in [0.1, 0.15) is 11.6 Å². The Balaban J connectivity index is 0.973. The Morgan fingerprint density at radius 2 is 1.71 bits per heavy atom. The number of amides is 4. The van der Waals surface area contributed by atoms with Gasteiger partial charge in [-0.1, -0.05) is 6.07 Å². The van der Waals surface area contributed by atoms with E-state index in [2.05, 4.69) is 40.9 Å². The van der Waals surface area contributed by atoms with Gasteiger partial charge in [-0.15, -0.1) is 0 Å². The van der Waals surface area contributed by atoms with Crippen molar-refractivity contribution in [2.45, 2.75) is 38.3 Å². The molecule has 3 aromatic carbocycles. The molecule has 15 heteroatoms. The quantitative estimate of drug-likeness (QED) is 0.147. The maximum absolute atomic E-state index is 14.0. The first-order valence-corrected chi connectivity index (χ1v) is 18.5. The number of nitrogens with zero attached hydrogens (tertiary/aromatic N) is 5. The predicted octanol–water partition coefficient (Wildman–Crippen LogP) is 5.44. The van der Waals surface area contributed by atoms with E-state index in [1.165, 1.54) is 12.1 Å². The smallest absolute Gasteiger partial charge is 0.328 e. The molecule has 3 aliphatic rings. The highest BCUT2D eigenvalue weighted by Crippen LogP contribution is 2.30. The number of aromatic amines is 1. The molecule has 55 heavy (non-hydrogen) atoms. The van der Waals surface area contributed by atoms with E-state index in [1.807, 2.05) is 42.5 Å². The molecule has 3 fully saturated rings. The molecule has 13 nitrogen and oxygen atoms in total. The number of nitrogens with one attached hydrogen (secondary N) is 4. The number of urea groups is 1. The number of pyridine rings is 1. The van der Waals surface area contributed by atoms with Crippen molar-refractivity contribution in [3.05, 3.63) is 107 Å². The Kier molecular flexibility index (Phi) is 10.4. The molecule has 0 atom stereocenters. The molecule has 0 unspecified atom stereocenters. The number of imide groups is 1. The van der Waals surface area contributed by atoms with Crippen LogP contribution < -0.4 is 25.8 Å². The van der Waals surface area contributed by atoms with Crippen LogP contribution in [0.3, 0.4) is 0 Å². The van der Waals surface area contributed by atoms with Gasteiger partial charge in [0.25, 0.3) is 5.91 Å². The maximum Gasteiger partial charge on any atom is 0.328 e. The fourth-order valence-electron chi connectivity index (χ4n) is 7.49. The van der Waals surface area contributed by atoms with Crippen LogP contribution in [0.25, 0.3) is 10.9 Å². The zero-order valence-electron chi connectivity index (χ0n) is 30.1. The summed E-state index contributed by atoms with van der Waals surface area (Å²) in [5.41, 5.74) is 5.89. The Morgan fingerprint density at radius 3 is 2.49 bits per heavy atom. The lowest BCUT2D eigenvalue weighted by Crippen LogP contribution is -2.50. The zero-order valence-corrected chi connectivity index (χ0v) is 30.1. The summed E-state index contributed by atoms with van der Waals surface area (Å²) in [6.07, 6.45) is 5.59. The van der Waals surface area contributed by atoms with E-state index in [9.17, 15) is 23.2 Å². The second-order valence-corrected chi connectivity index (χ2v) is 14.1. The number of aromatic nitrogens is 3. The Hall–Kier alpha value is -5.93. The molecule has 284 valence electrons. The molecule has 0 radical (unpaired) electrons. The monoisotopic (exact) mass is 749 g/mol. The number of fused-ring (bicyclic) bond motifs is 1. The Bertz CT molecular complexity index is 2210. The number of hydrogen-bond donors (Lipinski definition) is 4. The minimum absolute atomic E-state index is 0.142. The molecule has 0 spiro atoms. The van der Waals surface area contributed by atoms with E-state index in [4.69, 9.17) is 4.74 Å². The molecule has 3 saturated heterocycles. The van der Waals surface area contributed by atoms with Crippen LogP contribution in [0.5, 0.6) is 0 Å². The van der Waals surface area contributed by atoms with E-state index in [0.717, 1.165) is 67.6 Å². The third-order valence-corrected chi connectivity index (χ3v) is 10.4. The minimum Gasteiger partial charge on any atom is -0.381 e. The van der Waals surface area contributed by atoms with E-state index in [0.29, 0.717) is 66.3 Å². The van der Waals surface area contributed by atoms with Crippen LogP contribution in [-0.2, 0) is 22.5 Å². The first kappa shape index (κ1) is 36.1. The number of anilines is 4. The number of carbonyl (C=O) groups is 3. The molecule has 5 heterocycles. The van der Waals surface area contributed by atoms with Crippen LogP contribution in [0.4, 0.5) is 36.5 Å². The maximum atomic E-state index is 14.0. The van der Waals surface area contributed by atoms with Gasteiger partial charge in [0.15, 0.2) is 5.82 Å². The van der Waals surface area contributed by atoms with Crippen molar-refractivity contribution >= 4 is 51.6 Å². The number of piperazine rings is 1. The average molecular weight is 750 g/mol. The molecule has 0 aliphatic carbocycles. The van der Waals surface area contributed by atoms with E-state index < -0.39 is 17.7 Å². The van der Waals surface area contributed by atoms with Crippen molar-refractivity contribution < 1.29 is 27.9 Å². The van der Waals surface area contributed by atoms with E-state index in [1.54, 1.807) is 17.3 Å². The molecular weight excluding hydrogens is 708 g/mol. The molecule has 0 saturated carbocycles. The van der Waals surface area contributed by atoms with Crippen LogP contribution in [0, 0.1) is 11.6 Å². The number of hydrogen-bond acceptors (Lipinski definition) is 9. The number of halogens is 2. The summed E-state index contributed by atoms with van der Waals surface area (Å²) < 4.78 is 33.3. The summed E-state index contributed by atoms with van der Waals surface area (Å²) in [6.45, 7) is 5.30. The second kappa shape index (κ2) is 15.8. The lowest BCUT2D eigenvalue weighted by Gasteiger charge is -2.37. The molecule has 3 aliphatic heterocycles. The van der Waals surface area contributed by atoms with Crippen molar-refractivity contribution in [2.75, 3.05) is 66.4 Å². The van der Waals surface area contributed by atoms with Crippen LogP contribution in [0.2, 0.25) is 0 Å². The zero-order chi connectivity index (χ0) is 37.9. The number of rotatable bonds is 10. The lowest BCUT2D eigenvalue weighted by molar-refractivity contribution is -0.120. The molecule has 5 aromatic rings. The summed E-state index contributed by atoms with van der Waals surface area (Å²) in [6, 6.07) is 16.5. The predicted molar refractivity (Wildman–Crippen MR) is 204 cm³/mol. The van der Waals surface area contributed by atoms with Crippen LogP contribution in [0.1, 0.15) is 46.3 Å². The van der Waals surface area contributed by atoms with Crippen molar-refractivity contribution in [1.82, 2.24) is 25.4 Å². The van der Waals surface area contributed by atoms with Gasteiger partial charge >= 0.3 is 6.03 Å². The number of ether oxygens (including phenoxy) is 1. The summed E-state index contributed by atoms with van der Waals surface area (Å²) in [4.78, 5) is 48.7. The normalized spacial score (nSPS) is 17.1. The summed E-state index contributed by atoms with van der Waals surface area (Å²) in [5, 5.41) is 17.0. The lowest BCUT2D eigenvalue weighted by atomic mass is 10.0. The third kappa shape index (κ3) is 8.27. The summed E-state index contributed by atoms with van der Waals surface area (Å²) >= 11 is 0. The van der Waals surface area contributed by atoms with Gasteiger partial charge in [-0.2, -0.15) is 5.10 Å². The molecular formula is C40H41F2N9O4. The highest BCUT2D eigenvalue weighted by Gasteiger charge is 2.28. The van der Waals surface area contributed by atoms with E-state index >= 15 is 0 Å². The average Bonchev–Trinajstić information content (AvgIpc) is 3.57. The third-order valence-electron chi connectivity index (χ3n) is 10.4. The fourth-order valence-corrected chi connectivity index (χ4v) is 7.49. The molecule has 8 rings (SSSR count). The SMILES string of the molecule is O=C1CCN(c2cnccc2CN2CCN(c3ccc(C(=O)Nc4n[nH]c5ccc(Cc6cc(F)cc(F)c6)cc45)c(NC4CCOCC4)c3)CC2)C(=O)N1. The van der Waals surface area contributed by atoms with Gasteiger partial charge < -0.3 is 20.3 Å². The molecule has 2 aromatic heterocycles. The minimum atomic E-state index is -0.632. The first-order chi connectivity index (χ1) is 26.8. The van der Waals surface area contributed by atoms with Gasteiger partial charge in [-0.3, -0.25) is 34.8 Å². The summed E-state index contributed by atoms with van der Waals surface area (Å²) in [7, 11) is 0. The van der Waals surface area contributed by atoms with E-state index in [-0.39, 0.29) is 24.3 Å². The first-order valence-electron chi connectivity index (χ1n) is 18.5. The van der Waals surface area contributed by atoms with Gasteiger partial charge in [0.2, 0.25) is 5.91 Å². The molecule has 0 bridgehead atoms. The van der Waals surface area contributed by atoms with Crippen LogP contribution in [-0.4, -0.2) is 89.9 Å². The van der Waals surface area contributed by atoms with Crippen molar-refractivity contribution in [1.29, 1.82) is 0 Å². The highest BCUT2D eigenvalue weighted by atomic mass is 19.1. The Morgan fingerprint density at radius 1 is 0.909 bits per heavy atom. The Labute approximate surface area is 316 Å².